The van der Waals surface area contributed by atoms with E-state index < -0.39 is 0 Å². The van der Waals surface area contributed by atoms with Crippen molar-refractivity contribution in [3.05, 3.63) is 23.8 Å². The summed E-state index contributed by atoms with van der Waals surface area (Å²) in [5, 5.41) is 8.61. The van der Waals surface area contributed by atoms with Crippen LogP contribution in [0.2, 0.25) is 0 Å². The van der Waals surface area contributed by atoms with Gasteiger partial charge in [-0.15, -0.1) is 0 Å². The summed E-state index contributed by atoms with van der Waals surface area (Å²) in [6.45, 7) is 2.11. The zero-order chi connectivity index (χ0) is 15.8. The number of fused-ring (bicyclic) bond motifs is 1. The van der Waals surface area contributed by atoms with Crippen molar-refractivity contribution in [1.29, 1.82) is 0 Å². The molecule has 0 spiro atoms. The Labute approximate surface area is 129 Å². The first-order valence-corrected chi connectivity index (χ1v) is 7.27. The Balaban J connectivity index is 2.13. The molecule has 1 aromatic carbocycles. The van der Waals surface area contributed by atoms with Crippen LogP contribution >= 0.6 is 0 Å². The summed E-state index contributed by atoms with van der Waals surface area (Å²) in [4.78, 5) is 23.7. The molecule has 0 saturated carbocycles. The molecule has 22 heavy (non-hydrogen) atoms. The lowest BCUT2D eigenvalue weighted by Crippen LogP contribution is -2.37. The van der Waals surface area contributed by atoms with Gasteiger partial charge in [-0.25, -0.2) is 0 Å². The predicted molar refractivity (Wildman–Crippen MR) is 81.3 cm³/mol. The van der Waals surface area contributed by atoms with Gasteiger partial charge in [0.05, 0.1) is 25.8 Å². The molecule has 0 fully saturated rings. The molecule has 0 atom stereocenters. The van der Waals surface area contributed by atoms with Gasteiger partial charge in [0.25, 0.3) is 5.91 Å². The minimum absolute atomic E-state index is 0.0736. The topological polar surface area (TPSA) is 88.7 Å². The fraction of sp³-hybridized carbons (Fsp3) is 0.467. The quantitative estimate of drug-likeness (QED) is 0.675. The second-order valence-corrected chi connectivity index (χ2v) is 4.85. The maximum atomic E-state index is 12.2. The lowest BCUT2D eigenvalue weighted by atomic mass is 10.1. The van der Waals surface area contributed by atoms with E-state index in [9.17, 15) is 9.59 Å². The lowest BCUT2D eigenvalue weighted by molar-refractivity contribution is -0.120. The van der Waals surface area contributed by atoms with Crippen molar-refractivity contribution >= 4 is 11.8 Å². The van der Waals surface area contributed by atoms with Crippen molar-refractivity contribution in [3.63, 3.8) is 0 Å². The summed E-state index contributed by atoms with van der Waals surface area (Å²) in [6, 6.07) is 5.06. The number of nitrogens with one attached hydrogen (secondary N) is 3. The third kappa shape index (κ3) is 4.63. The van der Waals surface area contributed by atoms with Gasteiger partial charge < -0.3 is 25.4 Å². The van der Waals surface area contributed by atoms with E-state index >= 15 is 0 Å². The van der Waals surface area contributed by atoms with Crippen LogP contribution in [-0.2, 0) is 4.79 Å². The second-order valence-electron chi connectivity index (χ2n) is 4.85. The minimum atomic E-state index is -0.182. The first kappa shape index (κ1) is 16.1. The van der Waals surface area contributed by atoms with Crippen molar-refractivity contribution in [3.8, 4) is 11.5 Å². The van der Waals surface area contributed by atoms with E-state index in [2.05, 4.69) is 16.0 Å². The van der Waals surface area contributed by atoms with E-state index in [4.69, 9.17) is 9.47 Å². The molecule has 7 nitrogen and oxygen atoms in total. The summed E-state index contributed by atoms with van der Waals surface area (Å²) in [5.74, 6) is 0.802. The van der Waals surface area contributed by atoms with Crippen LogP contribution in [0.1, 0.15) is 16.8 Å². The van der Waals surface area contributed by atoms with Gasteiger partial charge in [-0.1, -0.05) is 0 Å². The van der Waals surface area contributed by atoms with Crippen LogP contribution in [0, 0.1) is 0 Å². The smallest absolute Gasteiger partial charge is 0.255 e. The maximum absolute atomic E-state index is 12.2. The molecule has 0 unspecified atom stereocenters. The van der Waals surface area contributed by atoms with Gasteiger partial charge in [-0.2, -0.15) is 0 Å². The molecule has 0 aromatic heterocycles. The average Bonchev–Trinajstić information content (AvgIpc) is 2.53. The van der Waals surface area contributed by atoms with Crippen LogP contribution in [0.3, 0.4) is 0 Å². The standard InChI is InChI=1S/C15H21N3O4/c1-21-11-3-4-12-13(9-11)22-8-7-17-14(19)10-16-5-2-6-18-15(12)20/h3-4,9,16H,2,5-8,10H2,1H3,(H,17,19)(H,18,20). The maximum Gasteiger partial charge on any atom is 0.255 e. The van der Waals surface area contributed by atoms with Gasteiger partial charge in [-0.05, 0) is 25.1 Å². The molecule has 0 aliphatic carbocycles. The van der Waals surface area contributed by atoms with Crippen LogP contribution in [0.25, 0.3) is 0 Å². The van der Waals surface area contributed by atoms with Gasteiger partial charge in [0.15, 0.2) is 0 Å². The predicted octanol–water partition coefficient (Wildman–Crippen LogP) is -0.0867. The summed E-state index contributed by atoms with van der Waals surface area (Å²) in [6.07, 6.45) is 0.741. The molecule has 1 aromatic rings. The number of carbonyl (C=O) groups excluding carboxylic acids is 2. The van der Waals surface area contributed by atoms with Crippen molar-refractivity contribution in [1.82, 2.24) is 16.0 Å². The van der Waals surface area contributed by atoms with Gasteiger partial charge in [0, 0.05) is 12.6 Å². The number of hydrogen-bond donors (Lipinski definition) is 3. The number of rotatable bonds is 1. The van der Waals surface area contributed by atoms with E-state index in [0.29, 0.717) is 36.7 Å². The Kier molecular flexibility index (Phi) is 6.02. The monoisotopic (exact) mass is 307 g/mol. The van der Waals surface area contributed by atoms with Crippen LogP contribution in [-0.4, -0.2) is 51.7 Å². The molecule has 120 valence electrons. The molecular weight excluding hydrogens is 286 g/mol. The fourth-order valence-corrected chi connectivity index (χ4v) is 2.06. The molecule has 0 saturated heterocycles. The number of carbonyl (C=O) groups is 2. The number of benzene rings is 1. The highest BCUT2D eigenvalue weighted by Gasteiger charge is 2.14. The van der Waals surface area contributed by atoms with E-state index in [0.717, 1.165) is 6.42 Å². The lowest BCUT2D eigenvalue weighted by Gasteiger charge is -2.14. The minimum Gasteiger partial charge on any atom is -0.497 e. The number of amides is 2. The Bertz CT molecular complexity index is 534. The first-order chi connectivity index (χ1) is 10.7. The van der Waals surface area contributed by atoms with Crippen molar-refractivity contribution < 1.29 is 19.1 Å². The summed E-state index contributed by atoms with van der Waals surface area (Å²) in [7, 11) is 1.55. The van der Waals surface area contributed by atoms with E-state index in [1.807, 2.05) is 0 Å². The van der Waals surface area contributed by atoms with E-state index in [-0.39, 0.29) is 25.0 Å². The highest BCUT2D eigenvalue weighted by Crippen LogP contribution is 2.24. The molecule has 2 amide bonds. The first-order valence-electron chi connectivity index (χ1n) is 7.27. The van der Waals surface area contributed by atoms with Crippen LogP contribution in [0.15, 0.2) is 18.2 Å². The summed E-state index contributed by atoms with van der Waals surface area (Å²) < 4.78 is 10.8. The van der Waals surface area contributed by atoms with Crippen molar-refractivity contribution in [2.45, 2.75) is 6.42 Å². The summed E-state index contributed by atoms with van der Waals surface area (Å²) >= 11 is 0. The Morgan fingerprint density at radius 3 is 2.82 bits per heavy atom. The molecule has 0 bridgehead atoms. The third-order valence-corrected chi connectivity index (χ3v) is 3.22. The van der Waals surface area contributed by atoms with Crippen LogP contribution in [0.5, 0.6) is 11.5 Å². The third-order valence-electron chi connectivity index (χ3n) is 3.22. The average molecular weight is 307 g/mol. The Hall–Kier alpha value is -2.28. The van der Waals surface area contributed by atoms with E-state index in [1.165, 1.54) is 0 Å². The number of ether oxygens (including phenoxy) is 2. The van der Waals surface area contributed by atoms with Crippen LogP contribution in [0.4, 0.5) is 0 Å². The molecule has 0 radical (unpaired) electrons. The van der Waals surface area contributed by atoms with Gasteiger partial charge in [0.2, 0.25) is 5.91 Å². The Morgan fingerprint density at radius 1 is 1.14 bits per heavy atom. The molecule has 1 aliphatic rings. The zero-order valence-electron chi connectivity index (χ0n) is 12.6. The molecule has 1 aliphatic heterocycles. The molecular formula is C15H21N3O4. The SMILES string of the molecule is COc1ccc2c(c1)OCCNC(=O)CNCCCNC2=O. The van der Waals surface area contributed by atoms with Crippen molar-refractivity contribution in [2.75, 3.05) is 39.9 Å². The Morgan fingerprint density at radius 2 is 2.00 bits per heavy atom. The largest absolute Gasteiger partial charge is 0.497 e. The molecule has 2 rings (SSSR count). The second kappa shape index (κ2) is 8.23. The zero-order valence-corrected chi connectivity index (χ0v) is 12.6. The fourth-order valence-electron chi connectivity index (χ4n) is 2.06. The number of hydrogen-bond acceptors (Lipinski definition) is 5. The van der Waals surface area contributed by atoms with Crippen molar-refractivity contribution in [2.24, 2.45) is 0 Å². The normalized spacial score (nSPS) is 17.3. The summed E-state index contributed by atoms with van der Waals surface area (Å²) in [5.41, 5.74) is 0.456. The molecule has 7 heteroatoms. The van der Waals surface area contributed by atoms with Gasteiger partial charge in [0.1, 0.15) is 18.1 Å². The molecule has 1 heterocycles. The van der Waals surface area contributed by atoms with E-state index in [1.54, 1.807) is 25.3 Å². The van der Waals surface area contributed by atoms with Gasteiger partial charge in [-0.3, -0.25) is 9.59 Å². The number of methoxy groups -OCH3 is 1. The van der Waals surface area contributed by atoms with Gasteiger partial charge >= 0.3 is 0 Å². The highest BCUT2D eigenvalue weighted by atomic mass is 16.5. The highest BCUT2D eigenvalue weighted by molar-refractivity contribution is 5.97. The van der Waals surface area contributed by atoms with Crippen LogP contribution < -0.4 is 25.4 Å². The molecule has 3 N–H and O–H groups in total.